The van der Waals surface area contributed by atoms with E-state index in [1.165, 1.54) is 0 Å². The Labute approximate surface area is 180 Å². The second kappa shape index (κ2) is 8.25. The zero-order valence-electron chi connectivity index (χ0n) is 16.5. The predicted molar refractivity (Wildman–Crippen MR) is 119 cm³/mol. The van der Waals surface area contributed by atoms with Gasteiger partial charge in [0, 0.05) is 30.7 Å². The number of carbonyl (C=O) groups excluding carboxylic acids is 1. The van der Waals surface area contributed by atoms with E-state index in [1.807, 2.05) is 6.07 Å². The van der Waals surface area contributed by atoms with E-state index >= 15 is 0 Å². The predicted octanol–water partition coefficient (Wildman–Crippen LogP) is 5.32. The third-order valence-corrected chi connectivity index (χ3v) is 6.13. The Balaban J connectivity index is 1.44. The fourth-order valence-electron chi connectivity index (χ4n) is 3.89. The standard InChI is InChI=1S/C22H24Cl2N4O/c1-14(2)28-20-6-4-3-5-19(20)26-22(28)27-11-9-16(10-12-27)25-21(29)15-7-8-17(23)18(24)13-15/h3-8,13-14,16H,9-12H2,1-2H3,(H,25,29). The Hall–Kier alpha value is -2.24. The summed E-state index contributed by atoms with van der Waals surface area (Å²) in [5.74, 6) is 0.895. The summed E-state index contributed by atoms with van der Waals surface area (Å²) < 4.78 is 2.30. The first kappa shape index (κ1) is 20.0. The first-order valence-corrected chi connectivity index (χ1v) is 10.7. The summed E-state index contributed by atoms with van der Waals surface area (Å²) in [6.07, 6.45) is 1.74. The van der Waals surface area contributed by atoms with E-state index in [1.54, 1.807) is 18.2 Å². The van der Waals surface area contributed by atoms with Crippen molar-refractivity contribution in [1.29, 1.82) is 0 Å². The van der Waals surface area contributed by atoms with Crippen molar-refractivity contribution in [3.63, 3.8) is 0 Å². The number of aromatic nitrogens is 2. The number of piperidine rings is 1. The van der Waals surface area contributed by atoms with Crippen LogP contribution in [0.5, 0.6) is 0 Å². The molecule has 0 atom stereocenters. The number of nitrogens with one attached hydrogen (secondary N) is 1. The van der Waals surface area contributed by atoms with E-state index in [4.69, 9.17) is 28.2 Å². The zero-order valence-corrected chi connectivity index (χ0v) is 18.0. The van der Waals surface area contributed by atoms with Crippen LogP contribution < -0.4 is 10.2 Å². The van der Waals surface area contributed by atoms with Crippen LogP contribution in [0.1, 0.15) is 43.1 Å². The normalized spacial score (nSPS) is 15.3. The van der Waals surface area contributed by atoms with Crippen LogP contribution in [0, 0.1) is 0 Å². The van der Waals surface area contributed by atoms with Crippen molar-refractivity contribution in [3.8, 4) is 0 Å². The highest BCUT2D eigenvalue weighted by atomic mass is 35.5. The molecule has 1 N–H and O–H groups in total. The SMILES string of the molecule is CC(C)n1c(N2CCC(NC(=O)c3ccc(Cl)c(Cl)c3)CC2)nc2ccccc21. The van der Waals surface area contributed by atoms with Crippen LogP contribution in [-0.2, 0) is 0 Å². The molecule has 0 aliphatic carbocycles. The Morgan fingerprint density at radius 2 is 1.83 bits per heavy atom. The van der Waals surface area contributed by atoms with Gasteiger partial charge in [-0.1, -0.05) is 35.3 Å². The van der Waals surface area contributed by atoms with Gasteiger partial charge >= 0.3 is 0 Å². The van der Waals surface area contributed by atoms with Gasteiger partial charge in [0.2, 0.25) is 5.95 Å². The van der Waals surface area contributed by atoms with Crippen LogP contribution >= 0.6 is 23.2 Å². The number of anilines is 1. The molecule has 1 fully saturated rings. The molecular formula is C22H24Cl2N4O. The monoisotopic (exact) mass is 430 g/mol. The zero-order chi connectivity index (χ0) is 20.5. The lowest BCUT2D eigenvalue weighted by Crippen LogP contribution is -2.45. The highest BCUT2D eigenvalue weighted by Crippen LogP contribution is 2.29. The maximum absolute atomic E-state index is 12.5. The molecule has 2 heterocycles. The van der Waals surface area contributed by atoms with E-state index in [0.717, 1.165) is 42.9 Å². The number of amides is 1. The lowest BCUT2D eigenvalue weighted by Gasteiger charge is -2.34. The lowest BCUT2D eigenvalue weighted by molar-refractivity contribution is 0.0931. The first-order chi connectivity index (χ1) is 13.9. The topological polar surface area (TPSA) is 50.2 Å². The van der Waals surface area contributed by atoms with Crippen LogP contribution in [-0.4, -0.2) is 34.6 Å². The van der Waals surface area contributed by atoms with Gasteiger partial charge in [0.15, 0.2) is 0 Å². The van der Waals surface area contributed by atoms with E-state index in [9.17, 15) is 4.79 Å². The number of fused-ring (bicyclic) bond motifs is 1. The van der Waals surface area contributed by atoms with E-state index in [0.29, 0.717) is 21.7 Å². The molecule has 1 amide bonds. The summed E-state index contributed by atoms with van der Waals surface area (Å²) >= 11 is 12.0. The van der Waals surface area contributed by atoms with Gasteiger partial charge in [-0.15, -0.1) is 0 Å². The molecule has 152 valence electrons. The molecule has 0 saturated carbocycles. The first-order valence-electron chi connectivity index (χ1n) is 9.92. The number of carbonyl (C=O) groups is 1. The van der Waals surface area contributed by atoms with Gasteiger partial charge in [0.05, 0.1) is 21.1 Å². The van der Waals surface area contributed by atoms with Crippen molar-refractivity contribution in [2.75, 3.05) is 18.0 Å². The number of benzene rings is 2. The molecule has 0 spiro atoms. The number of para-hydroxylation sites is 2. The third kappa shape index (κ3) is 4.07. The Bertz CT molecular complexity index is 1040. The van der Waals surface area contributed by atoms with E-state index < -0.39 is 0 Å². The minimum Gasteiger partial charge on any atom is -0.349 e. The van der Waals surface area contributed by atoms with Gasteiger partial charge in [-0.25, -0.2) is 4.98 Å². The molecule has 1 aliphatic heterocycles. The van der Waals surface area contributed by atoms with Crippen molar-refractivity contribution in [2.45, 2.75) is 38.8 Å². The summed E-state index contributed by atoms with van der Waals surface area (Å²) in [5.41, 5.74) is 2.71. The highest BCUT2D eigenvalue weighted by molar-refractivity contribution is 6.42. The molecule has 5 nitrogen and oxygen atoms in total. The minimum atomic E-state index is -0.114. The minimum absolute atomic E-state index is 0.114. The van der Waals surface area contributed by atoms with Gasteiger partial charge in [-0.2, -0.15) is 0 Å². The number of hydrogen-bond acceptors (Lipinski definition) is 3. The van der Waals surface area contributed by atoms with Crippen LogP contribution in [0.3, 0.4) is 0 Å². The average Bonchev–Trinajstić information content (AvgIpc) is 3.10. The van der Waals surface area contributed by atoms with Gasteiger partial charge in [0.1, 0.15) is 0 Å². The Morgan fingerprint density at radius 1 is 1.10 bits per heavy atom. The second-order valence-corrected chi connectivity index (χ2v) is 8.54. The molecule has 1 saturated heterocycles. The van der Waals surface area contributed by atoms with E-state index in [2.05, 4.69) is 46.8 Å². The van der Waals surface area contributed by atoms with Crippen LogP contribution in [0.25, 0.3) is 11.0 Å². The van der Waals surface area contributed by atoms with Crippen molar-refractivity contribution in [3.05, 3.63) is 58.1 Å². The maximum atomic E-state index is 12.5. The molecule has 1 aromatic heterocycles. The van der Waals surface area contributed by atoms with Crippen LogP contribution in [0.4, 0.5) is 5.95 Å². The second-order valence-electron chi connectivity index (χ2n) is 7.73. The lowest BCUT2D eigenvalue weighted by atomic mass is 10.0. The Kier molecular flexibility index (Phi) is 5.70. The fraction of sp³-hybridized carbons (Fsp3) is 0.364. The number of halogens is 2. The van der Waals surface area contributed by atoms with Crippen LogP contribution in [0.15, 0.2) is 42.5 Å². The van der Waals surface area contributed by atoms with Gasteiger partial charge in [-0.3, -0.25) is 4.79 Å². The number of rotatable bonds is 4. The van der Waals surface area contributed by atoms with Crippen molar-refractivity contribution >= 4 is 46.1 Å². The summed E-state index contributed by atoms with van der Waals surface area (Å²) in [6.45, 7) is 6.06. The molecule has 3 aromatic rings. The molecule has 4 rings (SSSR count). The molecule has 29 heavy (non-hydrogen) atoms. The molecule has 7 heteroatoms. The van der Waals surface area contributed by atoms with Crippen molar-refractivity contribution in [1.82, 2.24) is 14.9 Å². The highest BCUT2D eigenvalue weighted by Gasteiger charge is 2.25. The molecule has 0 unspecified atom stereocenters. The Morgan fingerprint density at radius 3 is 2.52 bits per heavy atom. The van der Waals surface area contributed by atoms with Gasteiger partial charge in [-0.05, 0) is 57.0 Å². The van der Waals surface area contributed by atoms with E-state index in [-0.39, 0.29) is 11.9 Å². The smallest absolute Gasteiger partial charge is 0.251 e. The van der Waals surface area contributed by atoms with Crippen molar-refractivity contribution < 1.29 is 4.79 Å². The number of nitrogens with zero attached hydrogens (tertiary/aromatic N) is 3. The maximum Gasteiger partial charge on any atom is 0.251 e. The average molecular weight is 431 g/mol. The summed E-state index contributed by atoms with van der Waals surface area (Å²) in [7, 11) is 0. The quantitative estimate of drug-likeness (QED) is 0.608. The van der Waals surface area contributed by atoms with Gasteiger partial charge < -0.3 is 14.8 Å². The molecule has 0 radical (unpaired) electrons. The third-order valence-electron chi connectivity index (χ3n) is 5.39. The summed E-state index contributed by atoms with van der Waals surface area (Å²) in [4.78, 5) is 19.8. The largest absolute Gasteiger partial charge is 0.349 e. The fourth-order valence-corrected chi connectivity index (χ4v) is 4.19. The molecule has 0 bridgehead atoms. The molecule has 2 aromatic carbocycles. The summed E-state index contributed by atoms with van der Waals surface area (Å²) in [6, 6.07) is 13.7. The van der Waals surface area contributed by atoms with Gasteiger partial charge in [0.25, 0.3) is 5.91 Å². The number of hydrogen-bond donors (Lipinski definition) is 1. The summed E-state index contributed by atoms with van der Waals surface area (Å²) in [5, 5.41) is 3.96. The molecular weight excluding hydrogens is 407 g/mol. The number of imidazole rings is 1. The van der Waals surface area contributed by atoms with Crippen LogP contribution in [0.2, 0.25) is 10.0 Å². The molecule has 1 aliphatic rings. The van der Waals surface area contributed by atoms with Crippen molar-refractivity contribution in [2.24, 2.45) is 0 Å².